The van der Waals surface area contributed by atoms with Crippen molar-refractivity contribution >= 4 is 11.9 Å². The van der Waals surface area contributed by atoms with Gasteiger partial charge in [-0.2, -0.15) is 15.0 Å². The molecule has 20 heavy (non-hydrogen) atoms. The van der Waals surface area contributed by atoms with E-state index in [9.17, 15) is 0 Å². The summed E-state index contributed by atoms with van der Waals surface area (Å²) in [4.78, 5) is 12.4. The standard InChI is InChI=1S/C14H25N5O/c1-4-7-20-14-18-12(15)17-13(19-14)16-11-6-5-9(2)10(3)8-11/h9-11H,4-8H2,1-3H3,(H3,15,16,17,18,19). The number of aromatic nitrogens is 3. The second-order valence-electron chi connectivity index (χ2n) is 5.76. The number of hydrogen-bond donors (Lipinski definition) is 2. The van der Waals surface area contributed by atoms with Crippen LogP contribution >= 0.6 is 0 Å². The number of nitrogens with two attached hydrogens (primary N) is 1. The van der Waals surface area contributed by atoms with Gasteiger partial charge in [0.05, 0.1) is 6.61 Å². The highest BCUT2D eigenvalue weighted by atomic mass is 16.5. The van der Waals surface area contributed by atoms with Crippen LogP contribution in [0, 0.1) is 11.8 Å². The molecule has 0 amide bonds. The maximum Gasteiger partial charge on any atom is 0.323 e. The van der Waals surface area contributed by atoms with Gasteiger partial charge in [-0.3, -0.25) is 0 Å². The molecule has 1 aliphatic rings. The van der Waals surface area contributed by atoms with Crippen molar-refractivity contribution in [3.8, 4) is 6.01 Å². The van der Waals surface area contributed by atoms with Crippen LogP contribution in [0.2, 0.25) is 0 Å². The largest absolute Gasteiger partial charge is 0.463 e. The van der Waals surface area contributed by atoms with Crippen LogP contribution in [0.4, 0.5) is 11.9 Å². The molecular weight excluding hydrogens is 254 g/mol. The van der Waals surface area contributed by atoms with Crippen LogP contribution in [0.25, 0.3) is 0 Å². The van der Waals surface area contributed by atoms with E-state index in [1.54, 1.807) is 0 Å². The molecular formula is C14H25N5O. The molecule has 3 unspecified atom stereocenters. The van der Waals surface area contributed by atoms with E-state index in [1.165, 1.54) is 6.42 Å². The van der Waals surface area contributed by atoms with Crippen molar-refractivity contribution in [3.05, 3.63) is 0 Å². The van der Waals surface area contributed by atoms with Crippen molar-refractivity contribution < 1.29 is 4.74 Å². The fourth-order valence-corrected chi connectivity index (χ4v) is 2.56. The summed E-state index contributed by atoms with van der Waals surface area (Å²) in [5.41, 5.74) is 5.70. The Hall–Kier alpha value is -1.59. The van der Waals surface area contributed by atoms with E-state index in [1.807, 2.05) is 6.92 Å². The lowest BCUT2D eigenvalue weighted by Gasteiger charge is -2.32. The average molecular weight is 279 g/mol. The smallest absolute Gasteiger partial charge is 0.323 e. The van der Waals surface area contributed by atoms with E-state index in [0.717, 1.165) is 31.1 Å². The van der Waals surface area contributed by atoms with Crippen molar-refractivity contribution in [1.82, 2.24) is 15.0 Å². The minimum Gasteiger partial charge on any atom is -0.463 e. The molecule has 1 aliphatic carbocycles. The van der Waals surface area contributed by atoms with E-state index in [0.29, 0.717) is 24.6 Å². The molecule has 1 aromatic rings. The number of hydrogen-bond acceptors (Lipinski definition) is 6. The molecule has 1 saturated carbocycles. The van der Waals surface area contributed by atoms with Gasteiger partial charge in [0.2, 0.25) is 11.9 Å². The van der Waals surface area contributed by atoms with Gasteiger partial charge >= 0.3 is 6.01 Å². The van der Waals surface area contributed by atoms with Crippen molar-refractivity contribution in [1.29, 1.82) is 0 Å². The highest BCUT2D eigenvalue weighted by molar-refractivity contribution is 5.33. The third kappa shape index (κ3) is 3.95. The number of rotatable bonds is 5. The second-order valence-corrected chi connectivity index (χ2v) is 5.76. The summed E-state index contributed by atoms with van der Waals surface area (Å²) in [6, 6.07) is 0.709. The highest BCUT2D eigenvalue weighted by Gasteiger charge is 2.25. The lowest BCUT2D eigenvalue weighted by molar-refractivity contribution is 0.259. The minimum atomic E-state index is 0.200. The molecule has 6 nitrogen and oxygen atoms in total. The van der Waals surface area contributed by atoms with Gasteiger partial charge in [0, 0.05) is 6.04 Å². The van der Waals surface area contributed by atoms with Crippen LogP contribution in [0.1, 0.15) is 46.5 Å². The predicted octanol–water partition coefficient (Wildman–Crippen LogP) is 2.48. The lowest BCUT2D eigenvalue weighted by atomic mass is 9.79. The van der Waals surface area contributed by atoms with Crippen LogP contribution in [0.15, 0.2) is 0 Å². The number of nitrogen functional groups attached to an aromatic ring is 1. The Bertz CT molecular complexity index is 440. The first-order chi connectivity index (χ1) is 9.58. The van der Waals surface area contributed by atoms with Gasteiger partial charge in [0.25, 0.3) is 0 Å². The molecule has 0 saturated heterocycles. The third-order valence-corrected chi connectivity index (χ3v) is 4.00. The number of ether oxygens (including phenoxy) is 1. The zero-order valence-corrected chi connectivity index (χ0v) is 12.6. The Morgan fingerprint density at radius 3 is 2.70 bits per heavy atom. The Morgan fingerprint density at radius 1 is 1.20 bits per heavy atom. The van der Waals surface area contributed by atoms with Crippen LogP contribution in [-0.2, 0) is 0 Å². The zero-order valence-electron chi connectivity index (χ0n) is 12.6. The normalized spacial score (nSPS) is 26.2. The summed E-state index contributed by atoms with van der Waals surface area (Å²) in [5, 5.41) is 3.37. The maximum absolute atomic E-state index is 5.70. The molecule has 0 aromatic carbocycles. The van der Waals surface area contributed by atoms with Gasteiger partial charge in [-0.1, -0.05) is 20.8 Å². The number of nitrogens with zero attached hydrogens (tertiary/aromatic N) is 3. The van der Waals surface area contributed by atoms with E-state index < -0.39 is 0 Å². The predicted molar refractivity (Wildman–Crippen MR) is 79.6 cm³/mol. The molecule has 1 fully saturated rings. The first-order valence-corrected chi connectivity index (χ1v) is 7.49. The molecule has 0 bridgehead atoms. The maximum atomic E-state index is 5.70. The SMILES string of the molecule is CCCOc1nc(N)nc(NC2CCC(C)C(C)C2)n1. The molecule has 1 aromatic heterocycles. The molecule has 0 aliphatic heterocycles. The summed E-state index contributed by atoms with van der Waals surface area (Å²) in [6.07, 6.45) is 4.42. The molecule has 6 heteroatoms. The van der Waals surface area contributed by atoms with Crippen LogP contribution in [0.5, 0.6) is 6.01 Å². The van der Waals surface area contributed by atoms with Crippen LogP contribution < -0.4 is 15.8 Å². The van der Waals surface area contributed by atoms with E-state index >= 15 is 0 Å². The van der Waals surface area contributed by atoms with Gasteiger partial charge < -0.3 is 15.8 Å². The van der Waals surface area contributed by atoms with Crippen molar-refractivity contribution in [2.45, 2.75) is 52.5 Å². The van der Waals surface area contributed by atoms with E-state index in [4.69, 9.17) is 10.5 Å². The molecule has 1 heterocycles. The Labute approximate surface area is 120 Å². The first kappa shape index (κ1) is 14.8. The topological polar surface area (TPSA) is 86.0 Å². The number of nitrogens with one attached hydrogen (secondary N) is 1. The minimum absolute atomic E-state index is 0.200. The number of anilines is 2. The molecule has 0 radical (unpaired) electrons. The second kappa shape index (κ2) is 6.72. The lowest BCUT2D eigenvalue weighted by Crippen LogP contribution is -2.31. The summed E-state index contributed by atoms with van der Waals surface area (Å²) in [7, 11) is 0. The molecule has 3 atom stereocenters. The zero-order chi connectivity index (χ0) is 14.5. The molecule has 2 rings (SSSR count). The Morgan fingerprint density at radius 2 is 2.00 bits per heavy atom. The van der Waals surface area contributed by atoms with Gasteiger partial charge in [0.1, 0.15) is 0 Å². The van der Waals surface area contributed by atoms with Crippen molar-refractivity contribution in [2.75, 3.05) is 17.7 Å². The van der Waals surface area contributed by atoms with Crippen LogP contribution in [0.3, 0.4) is 0 Å². The summed E-state index contributed by atoms with van der Waals surface area (Å²) >= 11 is 0. The van der Waals surface area contributed by atoms with E-state index in [2.05, 4.69) is 34.1 Å². The van der Waals surface area contributed by atoms with Crippen LogP contribution in [-0.4, -0.2) is 27.6 Å². The van der Waals surface area contributed by atoms with Crippen molar-refractivity contribution in [2.24, 2.45) is 11.8 Å². The Kier molecular flexibility index (Phi) is 4.98. The Balaban J connectivity index is 1.99. The molecule has 0 spiro atoms. The molecule has 3 N–H and O–H groups in total. The first-order valence-electron chi connectivity index (χ1n) is 7.49. The summed E-state index contributed by atoms with van der Waals surface area (Å²) in [6.45, 7) is 7.24. The van der Waals surface area contributed by atoms with Gasteiger partial charge in [-0.15, -0.1) is 0 Å². The van der Waals surface area contributed by atoms with Gasteiger partial charge in [-0.25, -0.2) is 0 Å². The van der Waals surface area contributed by atoms with Gasteiger partial charge in [-0.05, 0) is 37.5 Å². The quantitative estimate of drug-likeness (QED) is 0.861. The highest BCUT2D eigenvalue weighted by Crippen LogP contribution is 2.30. The van der Waals surface area contributed by atoms with Gasteiger partial charge in [0.15, 0.2) is 0 Å². The third-order valence-electron chi connectivity index (χ3n) is 4.00. The summed E-state index contributed by atoms with van der Waals surface area (Å²) in [5.74, 6) is 2.23. The van der Waals surface area contributed by atoms with Crippen molar-refractivity contribution in [3.63, 3.8) is 0 Å². The fraction of sp³-hybridized carbons (Fsp3) is 0.786. The fourth-order valence-electron chi connectivity index (χ4n) is 2.56. The summed E-state index contributed by atoms with van der Waals surface area (Å²) < 4.78 is 5.42. The van der Waals surface area contributed by atoms with E-state index in [-0.39, 0.29) is 5.95 Å². The molecule has 112 valence electrons. The average Bonchev–Trinajstić information content (AvgIpc) is 2.40. The monoisotopic (exact) mass is 279 g/mol.